The Hall–Kier alpha value is -1.56. The van der Waals surface area contributed by atoms with E-state index in [4.69, 9.17) is 5.73 Å². The van der Waals surface area contributed by atoms with Crippen LogP contribution in [0.5, 0.6) is 0 Å². The number of sulfone groups is 1. The summed E-state index contributed by atoms with van der Waals surface area (Å²) in [6, 6.07) is 4.85. The molecule has 0 fully saturated rings. The molecule has 1 amide bonds. The van der Waals surface area contributed by atoms with Crippen LogP contribution in [0.15, 0.2) is 23.1 Å². The molecule has 1 aromatic carbocycles. The van der Waals surface area contributed by atoms with Crippen molar-refractivity contribution in [3.05, 3.63) is 23.8 Å². The van der Waals surface area contributed by atoms with Crippen LogP contribution in [0.4, 0.5) is 5.69 Å². The average molecular weight is 284 g/mol. The van der Waals surface area contributed by atoms with Gasteiger partial charge in [-0.05, 0) is 31.0 Å². The molecule has 0 aliphatic carbocycles. The Morgan fingerprint density at radius 3 is 2.53 bits per heavy atom. The lowest BCUT2D eigenvalue weighted by molar-refractivity contribution is -0.128. The highest BCUT2D eigenvalue weighted by atomic mass is 32.2. The Balaban J connectivity index is 2.77. The number of nitrogen functional groups attached to an aromatic ring is 1. The Kier molecular flexibility index (Phi) is 4.94. The van der Waals surface area contributed by atoms with E-state index < -0.39 is 9.84 Å². The molecule has 0 aromatic heterocycles. The van der Waals surface area contributed by atoms with Gasteiger partial charge in [-0.3, -0.25) is 4.79 Å². The largest absolute Gasteiger partial charge is 0.398 e. The molecular formula is C13H20N2O3S. The van der Waals surface area contributed by atoms with E-state index >= 15 is 0 Å². The summed E-state index contributed by atoms with van der Waals surface area (Å²) in [5, 5.41) is 0. The lowest BCUT2D eigenvalue weighted by Crippen LogP contribution is -2.22. The molecule has 0 unspecified atom stereocenters. The maximum atomic E-state index is 12.2. The maximum Gasteiger partial charge on any atom is 0.222 e. The summed E-state index contributed by atoms with van der Waals surface area (Å²) in [4.78, 5) is 13.1. The molecule has 0 atom stereocenters. The van der Waals surface area contributed by atoms with Crippen molar-refractivity contribution in [2.24, 2.45) is 0 Å². The first-order valence-corrected chi connectivity index (χ1v) is 7.69. The van der Waals surface area contributed by atoms with Gasteiger partial charge in [0.2, 0.25) is 5.91 Å². The van der Waals surface area contributed by atoms with Crippen LogP contribution in [0.2, 0.25) is 0 Å². The number of hydrogen-bond donors (Lipinski definition) is 1. The quantitative estimate of drug-likeness (QED) is 0.824. The maximum absolute atomic E-state index is 12.2. The summed E-state index contributed by atoms with van der Waals surface area (Å²) in [7, 11) is -0.0822. The average Bonchev–Trinajstić information content (AvgIpc) is 2.31. The van der Waals surface area contributed by atoms with Crippen LogP contribution in [-0.4, -0.2) is 39.1 Å². The van der Waals surface area contributed by atoms with Crippen LogP contribution in [0.25, 0.3) is 0 Å². The van der Waals surface area contributed by atoms with Crippen molar-refractivity contribution in [1.29, 1.82) is 0 Å². The van der Waals surface area contributed by atoms with Gasteiger partial charge in [0.1, 0.15) is 0 Å². The Bertz CT molecular complexity index is 565. The summed E-state index contributed by atoms with van der Waals surface area (Å²) < 4.78 is 24.4. The molecule has 19 heavy (non-hydrogen) atoms. The number of rotatable bonds is 5. The second kappa shape index (κ2) is 6.06. The number of hydrogen-bond acceptors (Lipinski definition) is 4. The molecule has 6 heteroatoms. The zero-order valence-electron chi connectivity index (χ0n) is 11.5. The molecule has 0 heterocycles. The highest BCUT2D eigenvalue weighted by molar-refractivity contribution is 7.91. The number of nitrogens with zero attached hydrogens (tertiary/aromatic N) is 1. The summed E-state index contributed by atoms with van der Waals surface area (Å²) >= 11 is 0. The van der Waals surface area contributed by atoms with E-state index in [9.17, 15) is 13.2 Å². The second-order valence-corrected chi connectivity index (χ2v) is 6.76. The Morgan fingerprint density at radius 1 is 1.32 bits per heavy atom. The van der Waals surface area contributed by atoms with Gasteiger partial charge in [-0.1, -0.05) is 6.07 Å². The zero-order valence-corrected chi connectivity index (χ0v) is 12.3. The fourth-order valence-electron chi connectivity index (χ4n) is 1.72. The van der Waals surface area contributed by atoms with E-state index in [-0.39, 0.29) is 23.0 Å². The minimum Gasteiger partial charge on any atom is -0.398 e. The lowest BCUT2D eigenvalue weighted by atomic mass is 10.2. The van der Waals surface area contributed by atoms with Gasteiger partial charge in [0.15, 0.2) is 9.84 Å². The molecule has 106 valence electrons. The van der Waals surface area contributed by atoms with Crippen LogP contribution < -0.4 is 5.73 Å². The summed E-state index contributed by atoms with van der Waals surface area (Å²) in [5.41, 5.74) is 6.74. The van der Waals surface area contributed by atoms with Crippen LogP contribution in [0.1, 0.15) is 18.4 Å². The molecule has 1 rings (SSSR count). The highest BCUT2D eigenvalue weighted by Gasteiger charge is 2.18. The first-order valence-electron chi connectivity index (χ1n) is 6.03. The molecule has 0 bridgehead atoms. The van der Waals surface area contributed by atoms with Gasteiger partial charge in [-0.25, -0.2) is 8.42 Å². The molecule has 2 N–H and O–H groups in total. The summed E-state index contributed by atoms with van der Waals surface area (Å²) in [5.74, 6) is -0.115. The number of benzene rings is 1. The summed E-state index contributed by atoms with van der Waals surface area (Å²) in [6.07, 6.45) is 0.543. The van der Waals surface area contributed by atoms with Gasteiger partial charge in [0, 0.05) is 26.2 Å². The molecule has 0 spiro atoms. The minimum absolute atomic E-state index is 0.0448. The molecule has 0 radical (unpaired) electrons. The third-order valence-electron chi connectivity index (χ3n) is 2.96. The number of nitrogens with two attached hydrogens (primary N) is 1. The monoisotopic (exact) mass is 284 g/mol. The predicted molar refractivity (Wildman–Crippen MR) is 75.6 cm³/mol. The fourth-order valence-corrected chi connectivity index (χ4v) is 3.33. The zero-order chi connectivity index (χ0) is 14.6. The normalized spacial score (nSPS) is 11.3. The fraction of sp³-hybridized carbons (Fsp3) is 0.462. The van der Waals surface area contributed by atoms with Gasteiger partial charge >= 0.3 is 0 Å². The van der Waals surface area contributed by atoms with Gasteiger partial charge in [-0.2, -0.15) is 0 Å². The van der Waals surface area contributed by atoms with E-state index in [0.29, 0.717) is 17.7 Å². The van der Waals surface area contributed by atoms with Crippen molar-refractivity contribution in [2.45, 2.75) is 24.7 Å². The van der Waals surface area contributed by atoms with Gasteiger partial charge in [0.25, 0.3) is 0 Å². The lowest BCUT2D eigenvalue weighted by Gasteiger charge is -2.11. The van der Waals surface area contributed by atoms with Crippen LogP contribution >= 0.6 is 0 Å². The van der Waals surface area contributed by atoms with E-state index in [0.717, 1.165) is 0 Å². The van der Waals surface area contributed by atoms with Crippen molar-refractivity contribution >= 4 is 21.4 Å². The second-order valence-electron chi connectivity index (χ2n) is 4.68. The van der Waals surface area contributed by atoms with Crippen molar-refractivity contribution in [3.63, 3.8) is 0 Å². The summed E-state index contributed by atoms with van der Waals surface area (Å²) in [6.45, 7) is 1.69. The number of anilines is 1. The van der Waals surface area contributed by atoms with Gasteiger partial charge < -0.3 is 10.6 Å². The van der Waals surface area contributed by atoms with E-state index in [1.54, 1.807) is 39.2 Å². The smallest absolute Gasteiger partial charge is 0.222 e. The van der Waals surface area contributed by atoms with E-state index in [1.165, 1.54) is 4.90 Å². The van der Waals surface area contributed by atoms with Crippen LogP contribution in [0, 0.1) is 6.92 Å². The molecule has 0 saturated heterocycles. The SMILES string of the molecule is Cc1c(N)cccc1S(=O)(=O)CCCC(=O)N(C)C. The minimum atomic E-state index is -3.39. The molecular weight excluding hydrogens is 264 g/mol. The number of carbonyl (C=O) groups excluding carboxylic acids is 1. The van der Waals surface area contributed by atoms with Crippen LogP contribution in [0.3, 0.4) is 0 Å². The third-order valence-corrected chi connectivity index (χ3v) is 4.90. The first-order chi connectivity index (χ1) is 8.75. The van der Waals surface area contributed by atoms with Crippen molar-refractivity contribution in [3.8, 4) is 0 Å². The molecule has 5 nitrogen and oxygen atoms in total. The first kappa shape index (κ1) is 15.5. The van der Waals surface area contributed by atoms with E-state index in [1.807, 2.05) is 0 Å². The third kappa shape index (κ3) is 3.96. The highest BCUT2D eigenvalue weighted by Crippen LogP contribution is 2.22. The standard InChI is InChI=1S/C13H20N2O3S/c1-10-11(14)6-4-7-12(10)19(17,18)9-5-8-13(16)15(2)3/h4,6-7H,5,8-9,14H2,1-3H3. The van der Waals surface area contributed by atoms with Crippen molar-refractivity contribution in [2.75, 3.05) is 25.6 Å². The van der Waals surface area contributed by atoms with E-state index in [2.05, 4.69) is 0 Å². The molecule has 0 aliphatic heterocycles. The van der Waals surface area contributed by atoms with Crippen molar-refractivity contribution in [1.82, 2.24) is 4.90 Å². The Labute approximate surface area is 114 Å². The predicted octanol–water partition coefficient (Wildman–Crippen LogP) is 1.22. The molecule has 0 saturated carbocycles. The number of amides is 1. The topological polar surface area (TPSA) is 80.5 Å². The van der Waals surface area contributed by atoms with Crippen molar-refractivity contribution < 1.29 is 13.2 Å². The molecule has 1 aromatic rings. The molecule has 0 aliphatic rings. The number of carbonyl (C=O) groups is 1. The van der Waals surface area contributed by atoms with Crippen LogP contribution in [-0.2, 0) is 14.6 Å². The van der Waals surface area contributed by atoms with Gasteiger partial charge in [0.05, 0.1) is 10.6 Å². The van der Waals surface area contributed by atoms with Gasteiger partial charge in [-0.15, -0.1) is 0 Å². The Morgan fingerprint density at radius 2 is 1.95 bits per heavy atom.